The summed E-state index contributed by atoms with van der Waals surface area (Å²) in [6.45, 7) is 10.2. The molecule has 1 aromatic heterocycles. The fraction of sp³-hybridized carbons (Fsp3) is 0.412. The van der Waals surface area contributed by atoms with Crippen molar-refractivity contribution in [3.05, 3.63) is 35.5 Å². The Morgan fingerprint density at radius 3 is 2.38 bits per heavy atom. The molecule has 0 spiro atoms. The summed E-state index contributed by atoms with van der Waals surface area (Å²) in [6, 6.07) is 7.79. The van der Waals surface area contributed by atoms with E-state index in [0.717, 1.165) is 22.6 Å². The summed E-state index contributed by atoms with van der Waals surface area (Å²) in [6.07, 6.45) is 0.135. The second kappa shape index (κ2) is 6.12. The Balaban J connectivity index is 2.43. The third kappa shape index (κ3) is 3.51. The van der Waals surface area contributed by atoms with Crippen LogP contribution < -0.4 is 10.5 Å². The van der Waals surface area contributed by atoms with Crippen molar-refractivity contribution >= 4 is 5.82 Å². The highest BCUT2D eigenvalue weighted by Crippen LogP contribution is 2.27. The van der Waals surface area contributed by atoms with E-state index in [0.29, 0.717) is 17.6 Å². The average molecular weight is 285 g/mol. The number of hydrogen-bond donors (Lipinski definition) is 1. The van der Waals surface area contributed by atoms with Gasteiger partial charge in [-0.3, -0.25) is 0 Å². The molecule has 2 N–H and O–H groups in total. The minimum Gasteiger partial charge on any atom is -0.491 e. The number of hydrogen-bond acceptors (Lipinski definition) is 4. The van der Waals surface area contributed by atoms with Gasteiger partial charge in [0, 0.05) is 16.8 Å². The van der Waals surface area contributed by atoms with E-state index in [1.54, 1.807) is 0 Å². The summed E-state index contributed by atoms with van der Waals surface area (Å²) in [5, 5.41) is 0. The lowest BCUT2D eigenvalue weighted by Crippen LogP contribution is -2.07. The van der Waals surface area contributed by atoms with Crippen molar-refractivity contribution in [2.75, 3.05) is 5.73 Å². The van der Waals surface area contributed by atoms with Gasteiger partial charge in [0.15, 0.2) is 5.82 Å². The number of aromatic nitrogens is 2. The van der Waals surface area contributed by atoms with Crippen LogP contribution in [0.25, 0.3) is 11.4 Å². The fourth-order valence-electron chi connectivity index (χ4n) is 2.43. The summed E-state index contributed by atoms with van der Waals surface area (Å²) in [7, 11) is 0. The SMILES string of the molecule is Cc1nc(-c2cccc(OC(C)C)c2)nc(N)c1C(C)C. The summed E-state index contributed by atoms with van der Waals surface area (Å²) in [5.74, 6) is 2.33. The number of nitrogens with two attached hydrogens (primary N) is 1. The zero-order valence-corrected chi connectivity index (χ0v) is 13.3. The molecule has 2 rings (SSSR count). The molecule has 0 aliphatic carbocycles. The van der Waals surface area contributed by atoms with Crippen molar-refractivity contribution < 1.29 is 4.74 Å². The molecule has 2 aromatic rings. The van der Waals surface area contributed by atoms with E-state index in [9.17, 15) is 0 Å². The summed E-state index contributed by atoms with van der Waals surface area (Å²) >= 11 is 0. The molecule has 0 aliphatic rings. The molecule has 4 heteroatoms. The van der Waals surface area contributed by atoms with Crippen molar-refractivity contribution in [3.8, 4) is 17.1 Å². The van der Waals surface area contributed by atoms with Crippen LogP contribution in [0.3, 0.4) is 0 Å². The zero-order chi connectivity index (χ0) is 15.6. The number of rotatable bonds is 4. The molecule has 0 unspecified atom stereocenters. The highest BCUT2D eigenvalue weighted by atomic mass is 16.5. The van der Waals surface area contributed by atoms with Crippen LogP contribution in [0, 0.1) is 6.92 Å². The second-order valence-corrected chi connectivity index (χ2v) is 5.78. The molecule has 0 saturated carbocycles. The van der Waals surface area contributed by atoms with Gasteiger partial charge >= 0.3 is 0 Å². The molecular weight excluding hydrogens is 262 g/mol. The lowest BCUT2D eigenvalue weighted by atomic mass is 10.0. The van der Waals surface area contributed by atoms with Crippen LogP contribution in [0.4, 0.5) is 5.82 Å². The van der Waals surface area contributed by atoms with Gasteiger partial charge in [0.1, 0.15) is 11.6 Å². The number of benzene rings is 1. The van der Waals surface area contributed by atoms with Crippen LogP contribution >= 0.6 is 0 Å². The minimum atomic E-state index is 0.135. The Morgan fingerprint density at radius 2 is 1.81 bits per heavy atom. The molecule has 0 saturated heterocycles. The maximum Gasteiger partial charge on any atom is 0.161 e. The predicted molar refractivity (Wildman–Crippen MR) is 86.5 cm³/mol. The van der Waals surface area contributed by atoms with E-state index in [-0.39, 0.29) is 6.10 Å². The van der Waals surface area contributed by atoms with Crippen molar-refractivity contribution in [2.45, 2.75) is 46.6 Å². The van der Waals surface area contributed by atoms with E-state index in [4.69, 9.17) is 10.5 Å². The molecule has 0 fully saturated rings. The maximum atomic E-state index is 6.10. The topological polar surface area (TPSA) is 61.0 Å². The summed E-state index contributed by atoms with van der Waals surface area (Å²) in [5.41, 5.74) is 8.97. The highest BCUT2D eigenvalue weighted by Gasteiger charge is 2.13. The highest BCUT2D eigenvalue weighted by molar-refractivity contribution is 5.61. The van der Waals surface area contributed by atoms with E-state index in [2.05, 4.69) is 23.8 Å². The van der Waals surface area contributed by atoms with E-state index in [1.165, 1.54) is 0 Å². The molecule has 21 heavy (non-hydrogen) atoms. The smallest absolute Gasteiger partial charge is 0.161 e. The van der Waals surface area contributed by atoms with Crippen LogP contribution in [-0.2, 0) is 0 Å². The van der Waals surface area contributed by atoms with E-state index in [1.807, 2.05) is 45.0 Å². The first-order valence-corrected chi connectivity index (χ1v) is 7.29. The van der Waals surface area contributed by atoms with Crippen molar-refractivity contribution in [3.63, 3.8) is 0 Å². The van der Waals surface area contributed by atoms with Crippen LogP contribution in [0.2, 0.25) is 0 Å². The second-order valence-electron chi connectivity index (χ2n) is 5.78. The zero-order valence-electron chi connectivity index (χ0n) is 13.3. The molecule has 0 radical (unpaired) electrons. The van der Waals surface area contributed by atoms with Gasteiger partial charge in [-0.2, -0.15) is 0 Å². The van der Waals surface area contributed by atoms with Crippen LogP contribution in [0.1, 0.15) is 44.9 Å². The quantitative estimate of drug-likeness (QED) is 0.924. The summed E-state index contributed by atoms with van der Waals surface area (Å²) < 4.78 is 5.71. The normalized spacial score (nSPS) is 11.2. The van der Waals surface area contributed by atoms with Crippen molar-refractivity contribution in [1.29, 1.82) is 0 Å². The van der Waals surface area contributed by atoms with Crippen LogP contribution in [-0.4, -0.2) is 16.1 Å². The monoisotopic (exact) mass is 285 g/mol. The van der Waals surface area contributed by atoms with Gasteiger partial charge in [-0.15, -0.1) is 0 Å². The molecule has 0 amide bonds. The van der Waals surface area contributed by atoms with Gasteiger partial charge in [0.2, 0.25) is 0 Å². The molecule has 112 valence electrons. The first-order valence-electron chi connectivity index (χ1n) is 7.29. The lowest BCUT2D eigenvalue weighted by molar-refractivity contribution is 0.242. The first kappa shape index (κ1) is 15.3. The molecule has 1 heterocycles. The Hall–Kier alpha value is -2.10. The maximum absolute atomic E-state index is 6.10. The van der Waals surface area contributed by atoms with E-state index >= 15 is 0 Å². The number of anilines is 1. The Bertz CT molecular complexity index is 613. The third-order valence-corrected chi connectivity index (χ3v) is 3.21. The Labute approximate surface area is 126 Å². The first-order chi connectivity index (χ1) is 9.88. The van der Waals surface area contributed by atoms with E-state index < -0.39 is 0 Å². The fourth-order valence-corrected chi connectivity index (χ4v) is 2.43. The lowest BCUT2D eigenvalue weighted by Gasteiger charge is -2.14. The van der Waals surface area contributed by atoms with Gasteiger partial charge in [0.05, 0.1) is 6.10 Å². The number of nitrogen functional groups attached to an aromatic ring is 1. The van der Waals surface area contributed by atoms with Gasteiger partial charge in [-0.1, -0.05) is 26.0 Å². The molecule has 0 aliphatic heterocycles. The summed E-state index contributed by atoms with van der Waals surface area (Å²) in [4.78, 5) is 9.06. The van der Waals surface area contributed by atoms with Gasteiger partial charge < -0.3 is 10.5 Å². The predicted octanol–water partition coefficient (Wildman–Crippen LogP) is 3.94. The van der Waals surface area contributed by atoms with Gasteiger partial charge in [-0.05, 0) is 38.8 Å². The number of ether oxygens (including phenoxy) is 1. The van der Waals surface area contributed by atoms with Crippen molar-refractivity contribution in [1.82, 2.24) is 9.97 Å². The number of nitrogens with zero attached hydrogens (tertiary/aromatic N) is 2. The molecular formula is C17H23N3O. The average Bonchev–Trinajstić information content (AvgIpc) is 2.36. The minimum absolute atomic E-state index is 0.135. The Kier molecular flexibility index (Phi) is 4.46. The van der Waals surface area contributed by atoms with Crippen LogP contribution in [0.15, 0.2) is 24.3 Å². The number of aryl methyl sites for hydroxylation is 1. The molecule has 0 atom stereocenters. The van der Waals surface area contributed by atoms with Gasteiger partial charge in [-0.25, -0.2) is 9.97 Å². The van der Waals surface area contributed by atoms with Gasteiger partial charge in [0.25, 0.3) is 0 Å². The van der Waals surface area contributed by atoms with Crippen LogP contribution in [0.5, 0.6) is 5.75 Å². The molecule has 0 bridgehead atoms. The van der Waals surface area contributed by atoms with Crippen molar-refractivity contribution in [2.24, 2.45) is 0 Å². The largest absolute Gasteiger partial charge is 0.491 e. The molecule has 4 nitrogen and oxygen atoms in total. The Morgan fingerprint density at radius 1 is 1.10 bits per heavy atom. The molecule has 1 aromatic carbocycles. The third-order valence-electron chi connectivity index (χ3n) is 3.21. The standard InChI is InChI=1S/C17H23N3O/c1-10(2)15-12(5)19-17(20-16(15)18)13-7-6-8-14(9-13)21-11(3)4/h6-11H,1-5H3,(H2,18,19,20).